The van der Waals surface area contributed by atoms with Crippen LogP contribution in [0.4, 0.5) is 4.79 Å². The van der Waals surface area contributed by atoms with Crippen LogP contribution in [0, 0.1) is 0 Å². The lowest BCUT2D eigenvalue weighted by Crippen LogP contribution is -2.39. The molecule has 1 aliphatic carbocycles. The van der Waals surface area contributed by atoms with E-state index in [1.165, 1.54) is 11.3 Å². The maximum atomic E-state index is 11.9. The van der Waals surface area contributed by atoms with E-state index in [1.807, 2.05) is 41.1 Å². The lowest BCUT2D eigenvalue weighted by Gasteiger charge is -2.11. The third kappa shape index (κ3) is 3.80. The van der Waals surface area contributed by atoms with Crippen LogP contribution < -0.4 is 10.6 Å². The van der Waals surface area contributed by atoms with E-state index in [1.54, 1.807) is 0 Å². The standard InChI is InChI=1S/C16H17ClN2O2S/c17-12-3-1-2-10(6-12)13-7-14(13)19-16(21)18-8-15(20)11-4-5-22-9-11/h1-6,9,13-15,20H,7-8H2,(H2,18,19,21). The summed E-state index contributed by atoms with van der Waals surface area (Å²) < 4.78 is 0. The van der Waals surface area contributed by atoms with Crippen LogP contribution in [-0.4, -0.2) is 23.7 Å². The summed E-state index contributed by atoms with van der Waals surface area (Å²) in [5.41, 5.74) is 1.98. The normalized spacial score (nSPS) is 21.2. The molecule has 116 valence electrons. The fraction of sp³-hybridized carbons (Fsp3) is 0.312. The van der Waals surface area contributed by atoms with Crippen LogP contribution >= 0.6 is 22.9 Å². The number of hydrogen-bond acceptors (Lipinski definition) is 3. The molecule has 6 heteroatoms. The van der Waals surface area contributed by atoms with Crippen molar-refractivity contribution in [3.05, 3.63) is 57.2 Å². The minimum atomic E-state index is -0.667. The largest absolute Gasteiger partial charge is 0.387 e. The van der Waals surface area contributed by atoms with Gasteiger partial charge in [-0.05, 0) is 46.5 Å². The molecule has 3 rings (SSSR count). The van der Waals surface area contributed by atoms with Gasteiger partial charge in [0.2, 0.25) is 0 Å². The number of thiophene rings is 1. The number of aliphatic hydroxyl groups is 1. The van der Waals surface area contributed by atoms with Crippen molar-refractivity contribution in [3.8, 4) is 0 Å². The molecule has 1 heterocycles. The summed E-state index contributed by atoms with van der Waals surface area (Å²) in [6.45, 7) is 0.205. The molecule has 1 saturated carbocycles. The van der Waals surface area contributed by atoms with Gasteiger partial charge in [0.1, 0.15) is 0 Å². The van der Waals surface area contributed by atoms with Gasteiger partial charge in [-0.1, -0.05) is 23.7 Å². The lowest BCUT2D eigenvalue weighted by atomic mass is 10.1. The van der Waals surface area contributed by atoms with E-state index in [-0.39, 0.29) is 18.6 Å². The highest BCUT2D eigenvalue weighted by atomic mass is 35.5. The highest BCUT2D eigenvalue weighted by Crippen LogP contribution is 2.41. The molecular formula is C16H17ClN2O2S. The lowest BCUT2D eigenvalue weighted by molar-refractivity contribution is 0.173. The number of carbonyl (C=O) groups is 1. The summed E-state index contributed by atoms with van der Waals surface area (Å²) in [7, 11) is 0. The van der Waals surface area contributed by atoms with Crippen LogP contribution in [0.1, 0.15) is 29.6 Å². The minimum Gasteiger partial charge on any atom is -0.387 e. The number of urea groups is 1. The number of carbonyl (C=O) groups excluding carboxylic acids is 1. The Morgan fingerprint density at radius 1 is 1.45 bits per heavy atom. The average molecular weight is 337 g/mol. The second-order valence-electron chi connectivity index (χ2n) is 5.43. The van der Waals surface area contributed by atoms with Gasteiger partial charge in [0.25, 0.3) is 0 Å². The van der Waals surface area contributed by atoms with Gasteiger partial charge in [-0.3, -0.25) is 0 Å². The smallest absolute Gasteiger partial charge is 0.315 e. The molecule has 0 bridgehead atoms. The van der Waals surface area contributed by atoms with Gasteiger partial charge in [0, 0.05) is 23.5 Å². The molecule has 1 aromatic heterocycles. The van der Waals surface area contributed by atoms with Crippen LogP contribution in [0.5, 0.6) is 0 Å². The minimum absolute atomic E-state index is 0.136. The van der Waals surface area contributed by atoms with Crippen LogP contribution in [0.2, 0.25) is 5.02 Å². The Hall–Kier alpha value is -1.56. The number of aliphatic hydroxyl groups excluding tert-OH is 1. The second-order valence-corrected chi connectivity index (χ2v) is 6.65. The van der Waals surface area contributed by atoms with Gasteiger partial charge in [-0.15, -0.1) is 0 Å². The number of nitrogens with one attached hydrogen (secondary N) is 2. The molecule has 3 N–H and O–H groups in total. The quantitative estimate of drug-likeness (QED) is 0.784. The number of halogens is 1. The Morgan fingerprint density at radius 2 is 2.32 bits per heavy atom. The molecule has 22 heavy (non-hydrogen) atoms. The highest BCUT2D eigenvalue weighted by Gasteiger charge is 2.39. The van der Waals surface area contributed by atoms with E-state index in [2.05, 4.69) is 10.6 Å². The summed E-state index contributed by atoms with van der Waals surface area (Å²) in [6.07, 6.45) is 0.251. The Morgan fingerprint density at radius 3 is 3.05 bits per heavy atom. The van der Waals surface area contributed by atoms with Gasteiger partial charge in [-0.25, -0.2) is 4.79 Å². The Labute approximate surface area is 138 Å². The first-order valence-electron chi connectivity index (χ1n) is 7.13. The van der Waals surface area contributed by atoms with Gasteiger partial charge in [0.15, 0.2) is 0 Å². The average Bonchev–Trinajstić information content (AvgIpc) is 3.04. The van der Waals surface area contributed by atoms with Crippen LogP contribution in [0.25, 0.3) is 0 Å². The molecule has 1 fully saturated rings. The van der Waals surface area contributed by atoms with Crippen LogP contribution in [0.15, 0.2) is 41.1 Å². The fourth-order valence-corrected chi connectivity index (χ4v) is 3.36. The number of benzene rings is 1. The number of hydrogen-bond donors (Lipinski definition) is 3. The first-order valence-corrected chi connectivity index (χ1v) is 8.45. The van der Waals surface area contributed by atoms with Crippen molar-refractivity contribution in [2.45, 2.75) is 24.5 Å². The van der Waals surface area contributed by atoms with E-state index in [9.17, 15) is 9.90 Å². The van der Waals surface area contributed by atoms with Crippen molar-refractivity contribution in [1.29, 1.82) is 0 Å². The zero-order valence-electron chi connectivity index (χ0n) is 11.8. The summed E-state index contributed by atoms with van der Waals surface area (Å²) in [5, 5.41) is 20.0. The number of amides is 2. The Kier molecular flexibility index (Phi) is 4.66. The molecule has 0 spiro atoms. The molecule has 0 aliphatic heterocycles. The van der Waals surface area contributed by atoms with Crippen molar-refractivity contribution in [2.75, 3.05) is 6.54 Å². The molecule has 1 aliphatic rings. The third-order valence-corrected chi connectivity index (χ3v) is 4.70. The Balaban J connectivity index is 1.44. The zero-order chi connectivity index (χ0) is 15.5. The molecule has 0 saturated heterocycles. The molecule has 3 unspecified atom stereocenters. The first-order chi connectivity index (χ1) is 10.6. The zero-order valence-corrected chi connectivity index (χ0v) is 13.4. The SMILES string of the molecule is O=C(NCC(O)c1ccsc1)NC1CC1c1cccc(Cl)c1. The molecule has 3 atom stereocenters. The topological polar surface area (TPSA) is 61.4 Å². The van der Waals surface area contributed by atoms with E-state index >= 15 is 0 Å². The van der Waals surface area contributed by atoms with Gasteiger partial charge < -0.3 is 15.7 Å². The van der Waals surface area contributed by atoms with Crippen molar-refractivity contribution in [1.82, 2.24) is 10.6 Å². The van der Waals surface area contributed by atoms with Crippen LogP contribution in [0.3, 0.4) is 0 Å². The predicted octanol–water partition coefficient (Wildman–Crippen LogP) is 3.29. The van der Waals surface area contributed by atoms with E-state index in [0.717, 1.165) is 17.5 Å². The molecule has 0 radical (unpaired) electrons. The van der Waals surface area contributed by atoms with Crippen molar-refractivity contribution in [3.63, 3.8) is 0 Å². The predicted molar refractivity (Wildman–Crippen MR) is 88.4 cm³/mol. The Bertz CT molecular complexity index is 647. The molecule has 2 aromatic rings. The number of rotatable bonds is 5. The van der Waals surface area contributed by atoms with Crippen LogP contribution in [-0.2, 0) is 0 Å². The molecule has 4 nitrogen and oxygen atoms in total. The summed E-state index contributed by atoms with van der Waals surface area (Å²) in [5.74, 6) is 0.325. The molecule has 2 amide bonds. The van der Waals surface area contributed by atoms with Gasteiger partial charge in [0.05, 0.1) is 6.10 Å². The van der Waals surface area contributed by atoms with E-state index in [0.29, 0.717) is 10.9 Å². The summed E-state index contributed by atoms with van der Waals surface area (Å²) in [4.78, 5) is 11.9. The fourth-order valence-electron chi connectivity index (χ4n) is 2.45. The van der Waals surface area contributed by atoms with E-state index in [4.69, 9.17) is 11.6 Å². The molecule has 1 aromatic carbocycles. The summed E-state index contributed by atoms with van der Waals surface area (Å²) in [6, 6.07) is 9.47. The third-order valence-electron chi connectivity index (χ3n) is 3.77. The van der Waals surface area contributed by atoms with Gasteiger partial charge >= 0.3 is 6.03 Å². The van der Waals surface area contributed by atoms with Gasteiger partial charge in [-0.2, -0.15) is 11.3 Å². The molecular weight excluding hydrogens is 320 g/mol. The summed E-state index contributed by atoms with van der Waals surface area (Å²) >= 11 is 7.50. The maximum Gasteiger partial charge on any atom is 0.315 e. The first kappa shape index (κ1) is 15.3. The van der Waals surface area contributed by atoms with Crippen molar-refractivity contribution < 1.29 is 9.90 Å². The maximum absolute atomic E-state index is 11.9. The highest BCUT2D eigenvalue weighted by molar-refractivity contribution is 7.07. The van der Waals surface area contributed by atoms with Crippen molar-refractivity contribution in [2.24, 2.45) is 0 Å². The second kappa shape index (κ2) is 6.69. The van der Waals surface area contributed by atoms with E-state index < -0.39 is 6.10 Å². The monoisotopic (exact) mass is 336 g/mol. The van der Waals surface area contributed by atoms with Crippen molar-refractivity contribution >= 4 is 29.0 Å².